The predicted octanol–water partition coefficient (Wildman–Crippen LogP) is 15.6. The third kappa shape index (κ3) is 20.3. The summed E-state index contributed by atoms with van der Waals surface area (Å²) in [6.45, 7) is 36.9. The van der Waals surface area contributed by atoms with Crippen molar-refractivity contribution in [3.8, 4) is 17.8 Å². The lowest BCUT2D eigenvalue weighted by atomic mass is 10.00. The van der Waals surface area contributed by atoms with Gasteiger partial charge in [-0.1, -0.05) is 217 Å². The minimum atomic E-state index is -2.95. The molecule has 0 spiro atoms. The number of piperazine rings is 2. The highest BCUT2D eigenvalue weighted by molar-refractivity contribution is 7.59. The van der Waals surface area contributed by atoms with Crippen LogP contribution in [-0.2, 0) is 44.3 Å². The number of benzene rings is 8. The maximum Gasteiger partial charge on any atom is 0.410 e. The van der Waals surface area contributed by atoms with Crippen molar-refractivity contribution >= 4 is 121 Å². The molecular formula is C99H130N12O9S2Si2. The van der Waals surface area contributed by atoms with Crippen molar-refractivity contribution in [1.82, 2.24) is 39.5 Å². The highest BCUT2D eigenvalue weighted by Crippen LogP contribution is 2.44. The normalized spacial score (nSPS) is 18.7. The number of rotatable bonds is 20. The van der Waals surface area contributed by atoms with Gasteiger partial charge in [-0.2, -0.15) is 46.9 Å². The summed E-state index contributed by atoms with van der Waals surface area (Å²) >= 11 is 0. The summed E-state index contributed by atoms with van der Waals surface area (Å²) in [5.41, 5.74) is 6.28. The number of aryl methyl sites for hydroxylation is 1. The number of aromatic hydroxyl groups is 1. The van der Waals surface area contributed by atoms with E-state index < -0.39 is 27.8 Å². The second-order valence-corrected chi connectivity index (χ2v) is 46.8. The van der Waals surface area contributed by atoms with E-state index in [1.807, 2.05) is 81.7 Å². The summed E-state index contributed by atoms with van der Waals surface area (Å²) in [4.78, 5) is 66.5. The van der Waals surface area contributed by atoms with Gasteiger partial charge in [0.1, 0.15) is 41.8 Å². The number of carbonyl (C=O) groups excluding carboxylic acids is 2. The van der Waals surface area contributed by atoms with Crippen LogP contribution in [0.3, 0.4) is 0 Å². The number of nitrogens with zero attached hydrogens (tertiary/aromatic N) is 12. The number of likely N-dealkylation sites (tertiary alicyclic amines) is 2. The van der Waals surface area contributed by atoms with Crippen LogP contribution >= 0.6 is 27.0 Å². The van der Waals surface area contributed by atoms with E-state index >= 15 is 0 Å². The van der Waals surface area contributed by atoms with Crippen molar-refractivity contribution in [3.05, 3.63) is 222 Å². The van der Waals surface area contributed by atoms with Crippen molar-refractivity contribution in [3.63, 3.8) is 0 Å². The molecule has 6 aliphatic rings. The Labute approximate surface area is 750 Å². The number of ether oxygens (including phenoxy) is 4. The molecular weight excluding hydrogens is 1620 g/mol. The van der Waals surface area contributed by atoms with E-state index in [4.69, 9.17) is 47.7 Å². The molecule has 2 aromatic heterocycles. The van der Waals surface area contributed by atoms with Gasteiger partial charge >= 0.3 is 24.2 Å². The average molecular weight is 1750 g/mol. The number of fused-ring (bicyclic) bond motifs is 4. The second-order valence-electron chi connectivity index (χ2n) is 38.2. The molecule has 0 saturated carbocycles. The van der Waals surface area contributed by atoms with E-state index in [1.165, 1.54) is 42.8 Å². The maximum absolute atomic E-state index is 13.8. The van der Waals surface area contributed by atoms with Crippen molar-refractivity contribution in [2.24, 2.45) is 0 Å². The van der Waals surface area contributed by atoms with Crippen molar-refractivity contribution in [2.75, 3.05) is 126 Å². The number of hydrogen-bond acceptors (Lipinski definition) is 19. The number of anilines is 4. The highest BCUT2D eigenvalue weighted by Gasteiger charge is 2.53. The summed E-state index contributed by atoms with van der Waals surface area (Å²) in [5.74, 6) is 1.95. The van der Waals surface area contributed by atoms with Gasteiger partial charge in [-0.15, -0.1) is 0 Å². The Morgan fingerprint density at radius 1 is 0.427 bits per heavy atom. The lowest BCUT2D eigenvalue weighted by molar-refractivity contribution is 0.0188. The van der Waals surface area contributed by atoms with Gasteiger partial charge < -0.3 is 72.1 Å². The quantitative estimate of drug-likeness (QED) is 0.0709. The molecule has 8 heterocycles. The van der Waals surface area contributed by atoms with Crippen LogP contribution in [-0.4, -0.2) is 215 Å². The standard InChI is InChI=1S/C50H64N6O4Si.C49H62N6O5Si.2H2S/c1-36-30-37-18-15-16-24-42(37)45(31-36)54-27-25-43-44(33-54)51-47(58-34-38-19-17-26-53(38)8)52-46(43)56-29-28-55(48(57)60-49(2,3)4)32-39(56)35-59-61(50(5,6)7,40-20-11-9-12-21-40)41-22-13-10-14-23-41;1-48(2,3)60-47(57)54-27-28-55(37(31-54)34-59-61(49(4,5)6,39-19-10-8-11-20-39)40-21-12-9-13-22-40)45-42-24-26-53(44-30-38(56)29-35-17-14-15-23-41(35)44)32-43(42)50-46(51-45)58-33-36-18-16-25-52(36)7;;/h9-16,18,20-24,30-31,38-39H,17,19,25-29,32-35H2,1-8H3;8-15,17,19-23,29-30,36-37,56H,16,18,24-28,31-34H2,1-7H3;2*1H2/t38-,39?;36-,37?;;/m00../s1. The first kappa shape index (κ1) is 92.2. The molecule has 2 amide bonds. The number of phenolic OH excluding ortho intramolecular Hbond substituents is 1. The molecule has 2 unspecified atom stereocenters. The van der Waals surface area contributed by atoms with Gasteiger partial charge in [0.25, 0.3) is 16.6 Å². The van der Waals surface area contributed by atoms with Crippen LogP contribution in [0.1, 0.15) is 137 Å². The number of carbonyl (C=O) groups is 2. The first-order valence-corrected chi connectivity index (χ1v) is 47.9. The van der Waals surface area contributed by atoms with Crippen LogP contribution in [0.5, 0.6) is 17.8 Å². The molecule has 0 radical (unpaired) electrons. The van der Waals surface area contributed by atoms with Crippen molar-refractivity contribution in [1.29, 1.82) is 0 Å². The largest absolute Gasteiger partial charge is 0.508 e. The third-order valence-corrected chi connectivity index (χ3v) is 35.3. The maximum atomic E-state index is 13.8. The number of phenols is 1. The number of hydrogen-bond donors (Lipinski definition) is 1. The summed E-state index contributed by atoms with van der Waals surface area (Å²) in [7, 11) is -1.56. The van der Waals surface area contributed by atoms with Gasteiger partial charge in [-0.25, -0.2) is 9.59 Å². The van der Waals surface area contributed by atoms with Crippen LogP contribution in [0.15, 0.2) is 194 Å². The Balaban J connectivity index is 0.000000210. The number of amides is 2. The molecule has 1 N–H and O–H groups in total. The fourth-order valence-electron chi connectivity index (χ4n) is 19.3. The highest BCUT2D eigenvalue weighted by atomic mass is 32.1. The van der Waals surface area contributed by atoms with Gasteiger partial charge in [-0.3, -0.25) is 0 Å². The smallest absolute Gasteiger partial charge is 0.410 e. The van der Waals surface area contributed by atoms with Crippen molar-refractivity contribution in [2.45, 2.75) is 187 Å². The zero-order chi connectivity index (χ0) is 85.9. The summed E-state index contributed by atoms with van der Waals surface area (Å²) in [5, 5.41) is 19.8. The molecule has 4 fully saturated rings. The minimum Gasteiger partial charge on any atom is -0.508 e. The van der Waals surface area contributed by atoms with Crippen LogP contribution in [0.25, 0.3) is 21.5 Å². The predicted molar refractivity (Wildman–Crippen MR) is 516 cm³/mol. The summed E-state index contributed by atoms with van der Waals surface area (Å²) in [6.07, 6.45) is 5.29. The fourth-order valence-corrected chi connectivity index (χ4v) is 28.4. The first-order valence-electron chi connectivity index (χ1n) is 44.1. The van der Waals surface area contributed by atoms with Gasteiger partial charge in [0.2, 0.25) is 0 Å². The monoisotopic (exact) mass is 1750 g/mol. The lowest BCUT2D eigenvalue weighted by Gasteiger charge is -2.47. The Bertz CT molecular complexity index is 4890. The molecule has 0 bridgehead atoms. The lowest BCUT2D eigenvalue weighted by Crippen LogP contribution is -2.68. The van der Waals surface area contributed by atoms with Gasteiger partial charge in [-0.05, 0) is 173 Å². The zero-order valence-electron chi connectivity index (χ0n) is 75.4. The van der Waals surface area contributed by atoms with E-state index in [0.29, 0.717) is 116 Å². The molecule has 16 rings (SSSR count). The molecule has 4 atom stereocenters. The third-order valence-electron chi connectivity index (χ3n) is 25.3. The Kier molecular flexibility index (Phi) is 28.9. The van der Waals surface area contributed by atoms with Crippen LogP contribution in [0, 0.1) is 6.92 Å². The van der Waals surface area contributed by atoms with Gasteiger partial charge in [0.05, 0.1) is 49.8 Å². The number of likely N-dealkylation sites (N-methyl/N-ethyl adjacent to an activating group) is 2. The Morgan fingerprint density at radius 2 is 0.790 bits per heavy atom. The Morgan fingerprint density at radius 3 is 1.15 bits per heavy atom. The van der Waals surface area contributed by atoms with Crippen LogP contribution < -0.4 is 49.8 Å². The first-order chi connectivity index (χ1) is 58.4. The summed E-state index contributed by atoms with van der Waals surface area (Å²) < 4.78 is 40.4. The summed E-state index contributed by atoms with van der Waals surface area (Å²) in [6, 6.07) is 68.9. The average Bonchev–Trinajstić information content (AvgIpc) is 0.824. The molecule has 25 heteroatoms. The van der Waals surface area contributed by atoms with Crippen LogP contribution in [0.2, 0.25) is 10.1 Å². The van der Waals surface area contributed by atoms with Gasteiger partial charge in [0.15, 0.2) is 0 Å². The van der Waals surface area contributed by atoms with Crippen molar-refractivity contribution < 1.29 is 42.5 Å². The molecule has 124 heavy (non-hydrogen) atoms. The zero-order valence-corrected chi connectivity index (χ0v) is 79.4. The minimum absolute atomic E-state index is 0. The topological polar surface area (TPSA) is 187 Å². The fraction of sp³-hybridized carbons (Fsp3) is 0.455. The molecule has 8 aromatic carbocycles. The van der Waals surface area contributed by atoms with E-state index in [0.717, 1.165) is 102 Å². The molecule has 0 aliphatic carbocycles. The second kappa shape index (κ2) is 38.8. The van der Waals surface area contributed by atoms with E-state index in [-0.39, 0.29) is 67.1 Å². The molecule has 4 saturated heterocycles. The van der Waals surface area contributed by atoms with E-state index in [2.05, 4.69) is 256 Å². The molecule has 10 aromatic rings. The van der Waals surface area contributed by atoms with E-state index in [1.54, 1.807) is 0 Å². The Hall–Kier alpha value is -9.45. The molecule has 21 nitrogen and oxygen atoms in total. The van der Waals surface area contributed by atoms with E-state index in [9.17, 15) is 14.7 Å². The molecule has 6 aliphatic heterocycles. The van der Waals surface area contributed by atoms with Gasteiger partial charge in [0, 0.05) is 104 Å². The van der Waals surface area contributed by atoms with Crippen LogP contribution in [0.4, 0.5) is 32.6 Å². The number of aromatic nitrogens is 4. The molecule has 660 valence electrons. The SMILES string of the molecule is CN1CCC[C@H]1COc1nc2c(c(N3CCN(C(=O)OC(C)(C)C)CC3CO[Si](c3ccccc3)(c3ccccc3)C(C)(C)C)n1)CCN(c1cc(O)cc3ccccc13)C2.Cc1cc(N2CCc3c(nc(OC[C@@H]4CCCN4C)nc3N3CCN(C(=O)OC(C)(C)C)CC3CO[Si](c3ccccc3)(c3ccccc3)C(C)(C)C)C2)c2ccccc2c1.S.S.